The highest BCUT2D eigenvalue weighted by atomic mass is 19.1. The summed E-state index contributed by atoms with van der Waals surface area (Å²) in [5.41, 5.74) is 0.150. The largest absolute Gasteiger partial charge is 0.344 e. The van der Waals surface area contributed by atoms with E-state index in [2.05, 4.69) is 15.3 Å². The summed E-state index contributed by atoms with van der Waals surface area (Å²) in [6.07, 6.45) is 6.59. The van der Waals surface area contributed by atoms with Crippen molar-refractivity contribution >= 4 is 34.9 Å². The number of nitrogens with one attached hydrogen (secondary N) is 1. The van der Waals surface area contributed by atoms with Gasteiger partial charge in [0.25, 0.3) is 0 Å². The molecule has 252 valence electrons. The van der Waals surface area contributed by atoms with Gasteiger partial charge in [-0.2, -0.15) is 0 Å². The van der Waals surface area contributed by atoms with E-state index in [1.807, 2.05) is 20.8 Å². The first kappa shape index (κ1) is 35.5. The van der Waals surface area contributed by atoms with Crippen molar-refractivity contribution in [3.05, 3.63) is 24.3 Å². The zero-order valence-corrected chi connectivity index (χ0v) is 27.7. The lowest BCUT2D eigenvalue weighted by molar-refractivity contribution is -0.144. The van der Waals surface area contributed by atoms with Gasteiger partial charge in [-0.1, -0.05) is 41.0 Å². The van der Waals surface area contributed by atoms with E-state index in [1.165, 1.54) is 23.5 Å². The number of nitrogens with zero attached hydrogens (tertiary/aromatic N) is 3. The van der Waals surface area contributed by atoms with Gasteiger partial charge in [-0.25, -0.2) is 9.37 Å². The highest BCUT2D eigenvalue weighted by Crippen LogP contribution is 2.45. The Morgan fingerprint density at radius 3 is 2.26 bits per heavy atom. The second kappa shape index (κ2) is 15.5. The first-order valence-electron chi connectivity index (χ1n) is 17.0. The van der Waals surface area contributed by atoms with Gasteiger partial charge < -0.3 is 10.2 Å². The van der Waals surface area contributed by atoms with Crippen LogP contribution in [0.2, 0.25) is 0 Å². The molecule has 0 radical (unpaired) electrons. The second-order valence-corrected chi connectivity index (χ2v) is 14.2. The van der Waals surface area contributed by atoms with Gasteiger partial charge in [-0.05, 0) is 55.8 Å². The topological polar surface area (TPSA) is 143 Å². The Morgan fingerprint density at radius 2 is 1.67 bits per heavy atom. The van der Waals surface area contributed by atoms with Crippen LogP contribution in [0.15, 0.2) is 18.6 Å². The molecule has 3 fully saturated rings. The third-order valence-electron chi connectivity index (χ3n) is 10.1. The van der Waals surface area contributed by atoms with Crippen molar-refractivity contribution in [3.63, 3.8) is 0 Å². The Kier molecular flexibility index (Phi) is 11.9. The van der Waals surface area contributed by atoms with Crippen molar-refractivity contribution in [3.8, 4) is 0 Å². The number of carbonyl (C=O) groups is 6. The summed E-state index contributed by atoms with van der Waals surface area (Å²) in [5, 5.41) is 2.86. The molecule has 2 saturated carbocycles. The smallest absolute Gasteiger partial charge is 0.246 e. The number of hydrogen-bond donors (Lipinski definition) is 1. The van der Waals surface area contributed by atoms with Gasteiger partial charge in [0.1, 0.15) is 17.9 Å². The van der Waals surface area contributed by atoms with E-state index in [4.69, 9.17) is 0 Å². The summed E-state index contributed by atoms with van der Waals surface area (Å²) in [6.45, 7) is 9.15. The van der Waals surface area contributed by atoms with Crippen molar-refractivity contribution in [2.24, 2.45) is 41.4 Å². The molecular weight excluding hydrogens is 591 g/mol. The number of ketones is 4. The van der Waals surface area contributed by atoms with E-state index in [-0.39, 0.29) is 66.7 Å². The van der Waals surface area contributed by atoms with Gasteiger partial charge in [0.2, 0.25) is 17.6 Å². The van der Waals surface area contributed by atoms with Crippen LogP contribution in [0.1, 0.15) is 103 Å². The van der Waals surface area contributed by atoms with E-state index in [0.717, 1.165) is 12.8 Å². The van der Waals surface area contributed by atoms with Gasteiger partial charge in [-0.3, -0.25) is 33.8 Å². The molecule has 1 unspecified atom stereocenters. The lowest BCUT2D eigenvalue weighted by Crippen LogP contribution is -2.56. The number of halogens is 1. The molecule has 4 rings (SSSR count). The summed E-state index contributed by atoms with van der Waals surface area (Å²) in [6, 6.07) is -1.94. The maximum atomic E-state index is 15.1. The number of aromatic nitrogens is 2. The molecule has 7 atom stereocenters. The zero-order valence-electron chi connectivity index (χ0n) is 27.7. The summed E-state index contributed by atoms with van der Waals surface area (Å²) < 4.78 is 15.1. The number of likely N-dealkylation sites (tertiary alicyclic amines) is 1. The molecule has 0 bridgehead atoms. The van der Waals surface area contributed by atoms with Crippen LogP contribution in [0.5, 0.6) is 0 Å². The van der Waals surface area contributed by atoms with Crippen LogP contribution in [0.3, 0.4) is 0 Å². The van der Waals surface area contributed by atoms with E-state index in [1.54, 1.807) is 13.8 Å². The minimum Gasteiger partial charge on any atom is -0.344 e. The lowest BCUT2D eigenvalue weighted by Gasteiger charge is -2.33. The third kappa shape index (κ3) is 8.31. The maximum absolute atomic E-state index is 15.1. The van der Waals surface area contributed by atoms with Gasteiger partial charge in [-0.15, -0.1) is 0 Å². The standard InChI is InChI=1S/C35H49FN4O6/c1-6-7-22(33(44)30(43)14-21-8-9-21)15-29(42)32-23-10-11-26(36)25(23)18-40(32)35(46)31(20(4)5)39-34(45)24(19(2)3)16-28(41)27-17-37-12-13-38-27/h12-13,17,19-26,31-32H,6-11,14-16,18H2,1-5H3,(H,39,45)/t22?,23-,24+,25-,26-,31-,32-/m0/s1. The number of amides is 2. The molecule has 3 aliphatic rings. The van der Waals surface area contributed by atoms with Crippen LogP contribution in [-0.4, -0.2) is 74.6 Å². The van der Waals surface area contributed by atoms with E-state index >= 15 is 4.39 Å². The third-order valence-corrected chi connectivity index (χ3v) is 10.1. The van der Waals surface area contributed by atoms with Crippen molar-refractivity contribution in [2.45, 2.75) is 111 Å². The van der Waals surface area contributed by atoms with E-state index in [9.17, 15) is 28.8 Å². The van der Waals surface area contributed by atoms with E-state index < -0.39 is 59.4 Å². The van der Waals surface area contributed by atoms with Crippen molar-refractivity contribution in [2.75, 3.05) is 6.54 Å². The minimum absolute atomic E-state index is 0.0476. The monoisotopic (exact) mass is 640 g/mol. The normalized spacial score (nSPS) is 24.4. The van der Waals surface area contributed by atoms with Gasteiger partial charge in [0.15, 0.2) is 17.3 Å². The van der Waals surface area contributed by atoms with Crippen LogP contribution in [0, 0.1) is 41.4 Å². The summed E-state index contributed by atoms with van der Waals surface area (Å²) in [5.74, 6) is -5.32. The minimum atomic E-state index is -1.16. The summed E-state index contributed by atoms with van der Waals surface area (Å²) in [4.78, 5) is 89.9. The molecule has 2 amide bonds. The van der Waals surface area contributed by atoms with Gasteiger partial charge in [0.05, 0.1) is 12.2 Å². The molecule has 46 heavy (non-hydrogen) atoms. The predicted octanol–water partition coefficient (Wildman–Crippen LogP) is 4.35. The molecule has 1 saturated heterocycles. The summed E-state index contributed by atoms with van der Waals surface area (Å²) in [7, 11) is 0. The molecule has 2 heterocycles. The Balaban J connectivity index is 1.52. The Morgan fingerprint density at radius 1 is 0.957 bits per heavy atom. The molecule has 1 N–H and O–H groups in total. The molecule has 2 aliphatic carbocycles. The Hall–Kier alpha value is -3.37. The predicted molar refractivity (Wildman–Crippen MR) is 168 cm³/mol. The van der Waals surface area contributed by atoms with E-state index in [0.29, 0.717) is 25.7 Å². The molecule has 11 heteroatoms. The summed E-state index contributed by atoms with van der Waals surface area (Å²) >= 11 is 0. The number of Topliss-reactive ketones (excluding diaryl/α,β-unsaturated/α-hetero) is 4. The van der Waals surface area contributed by atoms with Gasteiger partial charge in [0, 0.05) is 56.0 Å². The average Bonchev–Trinajstić information content (AvgIpc) is 3.65. The number of fused-ring (bicyclic) bond motifs is 1. The molecule has 0 spiro atoms. The number of carbonyl (C=O) groups excluding carboxylic acids is 6. The number of rotatable bonds is 17. The van der Waals surface area contributed by atoms with Crippen LogP contribution < -0.4 is 5.32 Å². The van der Waals surface area contributed by atoms with Crippen LogP contribution >= 0.6 is 0 Å². The van der Waals surface area contributed by atoms with Crippen LogP contribution in [0.4, 0.5) is 4.39 Å². The highest BCUT2D eigenvalue weighted by molar-refractivity contribution is 6.38. The van der Waals surface area contributed by atoms with Crippen molar-refractivity contribution in [1.82, 2.24) is 20.2 Å². The Labute approximate surface area is 271 Å². The maximum Gasteiger partial charge on any atom is 0.246 e. The number of hydrogen-bond acceptors (Lipinski definition) is 8. The van der Waals surface area contributed by atoms with Crippen molar-refractivity contribution in [1.29, 1.82) is 0 Å². The fraction of sp³-hybridized carbons (Fsp3) is 0.714. The molecule has 10 nitrogen and oxygen atoms in total. The second-order valence-electron chi connectivity index (χ2n) is 14.2. The first-order chi connectivity index (χ1) is 21.8. The molecule has 1 aliphatic heterocycles. The highest BCUT2D eigenvalue weighted by Gasteiger charge is 2.54. The number of alkyl halides is 1. The SMILES string of the molecule is CCCC(CC(=O)[C@@H]1[C@H]2CC[C@H](F)[C@H]2CN1C(=O)[C@@H](NC(=O)[C@H](CC(=O)c1cnccn1)C(C)C)C(C)C)C(=O)C(=O)CC1CC1. The Bertz CT molecular complexity index is 1300. The molecule has 1 aromatic rings. The zero-order chi connectivity index (χ0) is 33.7. The first-order valence-corrected chi connectivity index (χ1v) is 17.0. The van der Waals surface area contributed by atoms with Crippen LogP contribution in [0.25, 0.3) is 0 Å². The molecular formula is C35H49FN4O6. The van der Waals surface area contributed by atoms with Crippen molar-refractivity contribution < 1.29 is 33.2 Å². The molecule has 1 aromatic heterocycles. The fourth-order valence-electron chi connectivity index (χ4n) is 7.18. The fourth-order valence-corrected chi connectivity index (χ4v) is 7.18. The average molecular weight is 641 g/mol. The lowest BCUT2D eigenvalue weighted by atomic mass is 9.83. The van der Waals surface area contributed by atoms with Crippen LogP contribution in [-0.2, 0) is 24.0 Å². The van der Waals surface area contributed by atoms with Gasteiger partial charge >= 0.3 is 0 Å². The molecule has 0 aromatic carbocycles. The quantitative estimate of drug-likeness (QED) is 0.196.